The maximum absolute atomic E-state index is 12.4. The fourth-order valence-electron chi connectivity index (χ4n) is 2.97. The smallest absolute Gasteiger partial charge is 0.261 e. The third-order valence-corrected chi connectivity index (χ3v) is 4.57. The molecule has 140 valence electrons. The Bertz CT molecular complexity index is 1010. The van der Waals surface area contributed by atoms with Crippen LogP contribution >= 0.6 is 0 Å². The highest BCUT2D eigenvalue weighted by Crippen LogP contribution is 2.13. The summed E-state index contributed by atoms with van der Waals surface area (Å²) in [6.07, 6.45) is 0.648. The molecule has 1 amide bonds. The summed E-state index contributed by atoms with van der Waals surface area (Å²) >= 11 is 0. The lowest BCUT2D eigenvalue weighted by molar-refractivity contribution is -0.121. The topological polar surface area (TPSA) is 67.2 Å². The van der Waals surface area contributed by atoms with Gasteiger partial charge in [-0.15, -0.1) is 0 Å². The Kier molecular flexibility index (Phi) is 5.54. The molecule has 0 atom stereocenters. The number of carbonyl (C=O) groups is 1. The predicted octanol–water partition coefficient (Wildman–Crippen LogP) is 2.73. The van der Waals surface area contributed by atoms with E-state index in [1.54, 1.807) is 13.1 Å². The largest absolute Gasteiger partial charge is 0.299 e. The molecule has 3 aromatic rings. The first-order valence-corrected chi connectivity index (χ1v) is 9.08. The molecule has 1 heterocycles. The van der Waals surface area contributed by atoms with Gasteiger partial charge >= 0.3 is 0 Å². The zero-order valence-electron chi connectivity index (χ0n) is 15.9. The van der Waals surface area contributed by atoms with Crippen molar-refractivity contribution in [3.63, 3.8) is 0 Å². The maximum atomic E-state index is 12.4. The van der Waals surface area contributed by atoms with Gasteiger partial charge in [-0.1, -0.05) is 29.8 Å². The molecule has 0 radical (unpaired) electrons. The number of hydrogen-bond donors (Lipinski definition) is 1. The number of amides is 1. The summed E-state index contributed by atoms with van der Waals surface area (Å²) in [5, 5.41) is 2.40. The number of aromatic nitrogens is 2. The van der Waals surface area contributed by atoms with Crippen molar-refractivity contribution < 1.29 is 4.79 Å². The Hall–Kier alpha value is -3.15. The lowest BCUT2D eigenvalue weighted by atomic mass is 10.2. The number of fused-ring (bicyclic) bond motifs is 1. The summed E-state index contributed by atoms with van der Waals surface area (Å²) in [5.74, 6) is 0.493. The standard InChI is InChI=1S/C21H24N4O2/c1-4-25(16-11-9-15(2)10-12-16)23-20(26)14-13-19-22-18-8-6-5-7-17(18)21(27)24(19)3/h5-12H,4,13-14H2,1-3H3,(H,23,26). The number of nitrogens with one attached hydrogen (secondary N) is 1. The first-order chi connectivity index (χ1) is 13.0. The number of hydrazine groups is 1. The summed E-state index contributed by atoms with van der Waals surface area (Å²) in [7, 11) is 1.69. The van der Waals surface area contributed by atoms with Crippen molar-refractivity contribution >= 4 is 22.5 Å². The van der Waals surface area contributed by atoms with Crippen LogP contribution in [0.25, 0.3) is 10.9 Å². The summed E-state index contributed by atoms with van der Waals surface area (Å²) in [6, 6.07) is 15.2. The van der Waals surface area contributed by atoms with E-state index in [1.165, 1.54) is 10.1 Å². The lowest BCUT2D eigenvalue weighted by Crippen LogP contribution is -2.42. The Balaban J connectivity index is 1.70. The van der Waals surface area contributed by atoms with Crippen LogP contribution in [-0.2, 0) is 18.3 Å². The van der Waals surface area contributed by atoms with E-state index in [0.717, 1.165) is 5.69 Å². The van der Waals surface area contributed by atoms with Crippen molar-refractivity contribution in [2.45, 2.75) is 26.7 Å². The van der Waals surface area contributed by atoms with Gasteiger partial charge in [0.1, 0.15) is 5.82 Å². The number of nitrogens with zero attached hydrogens (tertiary/aromatic N) is 3. The van der Waals surface area contributed by atoms with Crippen molar-refractivity contribution in [3.05, 3.63) is 70.3 Å². The number of anilines is 1. The first kappa shape index (κ1) is 18.6. The van der Waals surface area contributed by atoms with Crippen molar-refractivity contribution in [3.8, 4) is 0 Å². The van der Waals surface area contributed by atoms with Crippen LogP contribution in [0.4, 0.5) is 5.69 Å². The second-order valence-corrected chi connectivity index (χ2v) is 6.52. The fourth-order valence-corrected chi connectivity index (χ4v) is 2.97. The van der Waals surface area contributed by atoms with Gasteiger partial charge in [-0.25, -0.2) is 4.98 Å². The van der Waals surface area contributed by atoms with Crippen molar-refractivity contribution in [1.82, 2.24) is 15.0 Å². The minimum atomic E-state index is -0.111. The molecule has 0 saturated carbocycles. The van der Waals surface area contributed by atoms with E-state index in [2.05, 4.69) is 10.4 Å². The summed E-state index contributed by atoms with van der Waals surface area (Å²) in [4.78, 5) is 29.4. The minimum absolute atomic E-state index is 0.0918. The van der Waals surface area contributed by atoms with E-state index in [4.69, 9.17) is 0 Å². The van der Waals surface area contributed by atoms with Gasteiger partial charge in [0.05, 0.1) is 16.6 Å². The van der Waals surface area contributed by atoms with Gasteiger partial charge in [-0.3, -0.25) is 24.6 Å². The average Bonchev–Trinajstić information content (AvgIpc) is 2.68. The van der Waals surface area contributed by atoms with Crippen LogP contribution in [-0.4, -0.2) is 22.0 Å². The van der Waals surface area contributed by atoms with Crippen molar-refractivity contribution in [2.24, 2.45) is 7.05 Å². The van der Waals surface area contributed by atoms with E-state index in [9.17, 15) is 9.59 Å². The monoisotopic (exact) mass is 364 g/mol. The molecule has 0 fully saturated rings. The number of rotatable bonds is 6. The number of para-hydroxylation sites is 1. The predicted molar refractivity (Wildman–Crippen MR) is 108 cm³/mol. The van der Waals surface area contributed by atoms with Crippen molar-refractivity contribution in [1.29, 1.82) is 0 Å². The quantitative estimate of drug-likeness (QED) is 0.683. The van der Waals surface area contributed by atoms with Gasteiger partial charge in [-0.05, 0) is 38.1 Å². The van der Waals surface area contributed by atoms with Gasteiger partial charge in [0.15, 0.2) is 0 Å². The van der Waals surface area contributed by atoms with E-state index in [-0.39, 0.29) is 17.9 Å². The molecule has 6 nitrogen and oxygen atoms in total. The summed E-state index contributed by atoms with van der Waals surface area (Å²) in [6.45, 7) is 4.66. The van der Waals surface area contributed by atoms with Crippen LogP contribution in [0, 0.1) is 6.92 Å². The SMILES string of the molecule is CCN(NC(=O)CCc1nc2ccccc2c(=O)n1C)c1ccc(C)cc1. The molecular formula is C21H24N4O2. The third-order valence-electron chi connectivity index (χ3n) is 4.57. The molecule has 0 unspecified atom stereocenters. The highest BCUT2D eigenvalue weighted by molar-refractivity contribution is 5.79. The zero-order valence-corrected chi connectivity index (χ0v) is 15.9. The lowest BCUT2D eigenvalue weighted by Gasteiger charge is -2.24. The number of carbonyl (C=O) groups excluding carboxylic acids is 1. The minimum Gasteiger partial charge on any atom is -0.299 e. The van der Waals surface area contributed by atoms with E-state index in [1.807, 2.05) is 61.3 Å². The number of aryl methyl sites for hydroxylation is 2. The number of hydrogen-bond acceptors (Lipinski definition) is 4. The molecular weight excluding hydrogens is 340 g/mol. The number of benzene rings is 2. The molecule has 0 spiro atoms. The third kappa shape index (κ3) is 4.16. The molecule has 1 aromatic heterocycles. The second-order valence-electron chi connectivity index (χ2n) is 6.52. The van der Waals surface area contributed by atoms with E-state index < -0.39 is 0 Å². The van der Waals surface area contributed by atoms with Gasteiger partial charge in [-0.2, -0.15) is 0 Å². The van der Waals surface area contributed by atoms with Crippen molar-refractivity contribution in [2.75, 3.05) is 11.6 Å². The van der Waals surface area contributed by atoms with Crippen LogP contribution in [0.15, 0.2) is 53.3 Å². The zero-order chi connectivity index (χ0) is 19.4. The Labute approximate surface area is 158 Å². The molecule has 0 bridgehead atoms. The van der Waals surface area contributed by atoms with Gasteiger partial charge < -0.3 is 0 Å². The Morgan fingerprint density at radius 1 is 1.15 bits per heavy atom. The van der Waals surface area contributed by atoms with Gasteiger partial charge in [0.2, 0.25) is 5.91 Å². The maximum Gasteiger partial charge on any atom is 0.261 e. The van der Waals surface area contributed by atoms with Crippen LogP contribution in [0.3, 0.4) is 0 Å². The Morgan fingerprint density at radius 3 is 2.56 bits per heavy atom. The summed E-state index contributed by atoms with van der Waals surface area (Å²) in [5.41, 5.74) is 5.60. The molecule has 27 heavy (non-hydrogen) atoms. The molecule has 0 aliphatic carbocycles. The molecule has 0 saturated heterocycles. The fraction of sp³-hybridized carbons (Fsp3) is 0.286. The molecule has 6 heteroatoms. The molecule has 1 N–H and O–H groups in total. The van der Waals surface area contributed by atoms with Crippen LogP contribution in [0.1, 0.15) is 24.7 Å². The second kappa shape index (κ2) is 8.03. The molecule has 2 aromatic carbocycles. The normalized spacial score (nSPS) is 10.8. The Morgan fingerprint density at radius 2 is 1.85 bits per heavy atom. The highest BCUT2D eigenvalue weighted by atomic mass is 16.2. The molecule has 0 aliphatic heterocycles. The van der Waals surface area contributed by atoms with Crippen LogP contribution < -0.4 is 16.0 Å². The van der Waals surface area contributed by atoms with E-state index in [0.29, 0.717) is 29.7 Å². The van der Waals surface area contributed by atoms with Gasteiger partial charge in [0.25, 0.3) is 5.56 Å². The molecule has 3 rings (SSSR count). The van der Waals surface area contributed by atoms with Gasteiger partial charge in [0, 0.05) is 26.4 Å². The summed E-state index contributed by atoms with van der Waals surface area (Å²) < 4.78 is 1.52. The average molecular weight is 364 g/mol. The molecule has 0 aliphatic rings. The first-order valence-electron chi connectivity index (χ1n) is 9.08. The van der Waals surface area contributed by atoms with Crippen LogP contribution in [0.2, 0.25) is 0 Å². The highest BCUT2D eigenvalue weighted by Gasteiger charge is 2.12. The van der Waals surface area contributed by atoms with Crippen LogP contribution in [0.5, 0.6) is 0 Å². The van der Waals surface area contributed by atoms with E-state index >= 15 is 0 Å².